The van der Waals surface area contributed by atoms with Gasteiger partial charge in [-0.2, -0.15) is 0 Å². The van der Waals surface area contributed by atoms with Gasteiger partial charge in [0.1, 0.15) is 0 Å². The Morgan fingerprint density at radius 2 is 1.10 bits per heavy atom. The van der Waals surface area contributed by atoms with Crippen LogP contribution in [0.5, 0.6) is 0 Å². The number of hydrogen-bond donors (Lipinski definition) is 2. The van der Waals surface area contributed by atoms with Crippen molar-refractivity contribution in [2.75, 3.05) is 39.5 Å². The fourth-order valence-electron chi connectivity index (χ4n) is 8.16. The molecule has 0 aromatic heterocycles. The third kappa shape index (κ3) is 11.3. The topological polar surface area (TPSA) is 156 Å². The molecule has 0 aromatic rings. The number of carbonyl (C=O) groups is 5. The molecule has 0 spiro atoms. The van der Waals surface area contributed by atoms with Crippen LogP contribution in [0.15, 0.2) is 4.99 Å². The minimum atomic E-state index is -0.968. The van der Waals surface area contributed by atoms with Gasteiger partial charge >= 0.3 is 24.2 Å². The van der Waals surface area contributed by atoms with E-state index in [0.717, 1.165) is 101 Å². The zero-order valence-corrected chi connectivity index (χ0v) is 29.9. The van der Waals surface area contributed by atoms with E-state index in [0.29, 0.717) is 63.5 Å². The van der Waals surface area contributed by atoms with Crippen molar-refractivity contribution in [1.29, 1.82) is 0 Å². The molecule has 2 heterocycles. The first-order valence-corrected chi connectivity index (χ1v) is 19.6. The van der Waals surface area contributed by atoms with E-state index < -0.39 is 36.1 Å². The van der Waals surface area contributed by atoms with Crippen LogP contribution >= 0.6 is 0 Å². The van der Waals surface area contributed by atoms with E-state index in [1.807, 2.05) is 0 Å². The maximum Gasteiger partial charge on any atom is 0.413 e. The van der Waals surface area contributed by atoms with Crippen LogP contribution in [0.1, 0.15) is 128 Å². The number of likely N-dealkylation sites (tertiary alicyclic amines) is 2. The minimum absolute atomic E-state index is 0.0856. The molecule has 0 radical (unpaired) electrons. The van der Waals surface area contributed by atoms with Gasteiger partial charge in [-0.15, -0.1) is 0 Å². The van der Waals surface area contributed by atoms with Gasteiger partial charge in [0.25, 0.3) is 0 Å². The Balaban J connectivity index is 1.17. The Hall–Kier alpha value is -3.38. The molecule has 5 aliphatic rings. The Morgan fingerprint density at radius 1 is 0.640 bits per heavy atom. The molecule has 2 aliphatic heterocycles. The highest BCUT2D eigenvalue weighted by Gasteiger charge is 2.56. The number of imide groups is 1. The normalized spacial score (nSPS) is 23.7. The van der Waals surface area contributed by atoms with Crippen LogP contribution in [0, 0.1) is 23.7 Å². The Kier molecular flexibility index (Phi) is 15.0. The first-order valence-electron chi connectivity index (χ1n) is 19.6. The smallest absolute Gasteiger partial charge is 0.413 e. The molecular formula is C37H59N5O8. The maximum absolute atomic E-state index is 13.4. The Bertz CT molecular complexity index is 1130. The third-order valence-electron chi connectivity index (χ3n) is 11.2. The summed E-state index contributed by atoms with van der Waals surface area (Å²) < 4.78 is 16.7. The third-order valence-corrected chi connectivity index (χ3v) is 11.2. The number of β-lactam (4-membered cyclic amide) rings is 1. The first kappa shape index (κ1) is 37.9. The molecule has 2 atom stereocenters. The van der Waals surface area contributed by atoms with Crippen molar-refractivity contribution in [3.63, 3.8) is 0 Å². The number of nitrogens with one attached hydrogen (secondary N) is 2. The lowest BCUT2D eigenvalue weighted by Crippen LogP contribution is -2.69. The molecule has 5 fully saturated rings. The van der Waals surface area contributed by atoms with Crippen LogP contribution in [0.4, 0.5) is 14.4 Å². The number of urea groups is 1. The number of amides is 5. The van der Waals surface area contributed by atoms with Gasteiger partial charge in [-0.05, 0) is 88.4 Å². The average molecular weight is 702 g/mol. The number of piperidine rings is 1. The maximum atomic E-state index is 13.4. The second kappa shape index (κ2) is 19.9. The Labute approximate surface area is 297 Å². The van der Waals surface area contributed by atoms with Gasteiger partial charge < -0.3 is 19.1 Å². The molecular weight excluding hydrogens is 642 g/mol. The lowest BCUT2D eigenvalue weighted by Gasteiger charge is -2.46. The predicted octanol–water partition coefficient (Wildman–Crippen LogP) is 6.29. The monoisotopic (exact) mass is 701 g/mol. The second-order valence-corrected chi connectivity index (χ2v) is 15.1. The van der Waals surface area contributed by atoms with Gasteiger partial charge in [-0.3, -0.25) is 20.4 Å². The van der Waals surface area contributed by atoms with E-state index in [1.54, 1.807) is 4.90 Å². The molecule has 5 amide bonds. The molecule has 13 nitrogen and oxygen atoms in total. The molecule has 280 valence electrons. The number of guanidine groups is 1. The standard InChI is InChI=1S/C37H59N5O8/c43-32-30(31(33(44)48-24-27-14-5-1-6-15-27)42(32)37(47)41-22-11-4-12-23-41)20-13-21-38-34(39-35(45)49-25-28-16-7-2-8-17-28)40-36(46)50-26-29-18-9-3-10-19-29/h27-31H,1-26H2,(H2,38,39,40,45,46)/t30-,31?/m1/s1. The number of rotatable bonds is 11. The molecule has 2 N–H and O–H groups in total. The van der Waals surface area contributed by atoms with Gasteiger partial charge in [-0.1, -0.05) is 57.8 Å². The summed E-state index contributed by atoms with van der Waals surface area (Å²) in [6.07, 6.45) is 18.5. The molecule has 0 bridgehead atoms. The lowest BCUT2D eigenvalue weighted by atomic mass is 9.83. The van der Waals surface area contributed by atoms with E-state index in [9.17, 15) is 24.0 Å². The van der Waals surface area contributed by atoms with E-state index in [1.165, 1.54) is 19.3 Å². The number of alkyl carbamates (subject to hydrolysis) is 2. The highest BCUT2D eigenvalue weighted by molar-refractivity contribution is 6.07. The van der Waals surface area contributed by atoms with Crippen LogP contribution in [0.3, 0.4) is 0 Å². The summed E-state index contributed by atoms with van der Waals surface area (Å²) in [4.78, 5) is 72.8. The average Bonchev–Trinajstić information content (AvgIpc) is 3.15. The van der Waals surface area contributed by atoms with Crippen LogP contribution in [0.25, 0.3) is 0 Å². The second-order valence-electron chi connectivity index (χ2n) is 15.1. The van der Waals surface area contributed by atoms with Crippen molar-refractivity contribution < 1.29 is 38.2 Å². The van der Waals surface area contributed by atoms with Gasteiger partial charge in [-0.25, -0.2) is 24.1 Å². The van der Waals surface area contributed by atoms with Crippen molar-refractivity contribution >= 4 is 36.1 Å². The van der Waals surface area contributed by atoms with Crippen molar-refractivity contribution in [3.05, 3.63) is 0 Å². The van der Waals surface area contributed by atoms with E-state index in [4.69, 9.17) is 14.2 Å². The van der Waals surface area contributed by atoms with Crippen LogP contribution in [0.2, 0.25) is 0 Å². The quantitative estimate of drug-likeness (QED) is 0.0636. The number of ether oxygens (including phenoxy) is 3. The van der Waals surface area contributed by atoms with Crippen molar-refractivity contribution in [3.8, 4) is 0 Å². The number of esters is 1. The SMILES string of the molecule is O=C(NC(=NCCC[C@H]1C(=O)N(C(=O)N2CCCCC2)C1C(=O)OCC1CCCCC1)NC(=O)OCC1CCCCC1)OCC1CCCCC1. The summed E-state index contributed by atoms with van der Waals surface area (Å²) in [5.74, 6) is -0.734. The summed E-state index contributed by atoms with van der Waals surface area (Å²) in [6, 6.07) is -1.39. The molecule has 13 heteroatoms. The molecule has 3 aliphatic carbocycles. The molecule has 3 saturated carbocycles. The fourth-order valence-corrected chi connectivity index (χ4v) is 8.16. The molecule has 1 unspecified atom stereocenters. The Morgan fingerprint density at radius 3 is 1.60 bits per heavy atom. The largest absolute Gasteiger partial charge is 0.464 e. The zero-order valence-electron chi connectivity index (χ0n) is 29.9. The molecule has 5 rings (SSSR count). The summed E-state index contributed by atoms with van der Waals surface area (Å²) in [5.41, 5.74) is 0. The lowest BCUT2D eigenvalue weighted by molar-refractivity contribution is -0.171. The highest BCUT2D eigenvalue weighted by atomic mass is 16.6. The summed E-state index contributed by atoms with van der Waals surface area (Å²) in [6.45, 7) is 2.21. The van der Waals surface area contributed by atoms with Crippen molar-refractivity contribution in [1.82, 2.24) is 20.4 Å². The van der Waals surface area contributed by atoms with Gasteiger partial charge in [0.2, 0.25) is 11.9 Å². The first-order chi connectivity index (χ1) is 24.4. The van der Waals surface area contributed by atoms with Crippen LogP contribution in [-0.4, -0.2) is 91.4 Å². The molecule has 2 saturated heterocycles. The fraction of sp³-hybridized carbons (Fsp3) is 0.838. The minimum Gasteiger partial charge on any atom is -0.464 e. The number of nitrogens with zero attached hydrogens (tertiary/aromatic N) is 3. The summed E-state index contributed by atoms with van der Waals surface area (Å²) in [5, 5.41) is 5.12. The van der Waals surface area contributed by atoms with E-state index in [-0.39, 0.29) is 18.4 Å². The van der Waals surface area contributed by atoms with Crippen LogP contribution < -0.4 is 10.6 Å². The number of aliphatic imine (C=N–C) groups is 1. The number of carbonyl (C=O) groups excluding carboxylic acids is 5. The van der Waals surface area contributed by atoms with Gasteiger partial charge in [0.15, 0.2) is 6.04 Å². The zero-order chi connectivity index (χ0) is 35.1. The van der Waals surface area contributed by atoms with Crippen molar-refractivity contribution in [2.24, 2.45) is 28.7 Å². The van der Waals surface area contributed by atoms with Gasteiger partial charge in [0.05, 0.1) is 25.7 Å². The molecule has 0 aromatic carbocycles. The summed E-state index contributed by atoms with van der Waals surface area (Å²) >= 11 is 0. The summed E-state index contributed by atoms with van der Waals surface area (Å²) in [7, 11) is 0. The van der Waals surface area contributed by atoms with Crippen LogP contribution in [-0.2, 0) is 23.8 Å². The number of hydrogen-bond acceptors (Lipinski definition) is 9. The van der Waals surface area contributed by atoms with E-state index in [2.05, 4.69) is 15.6 Å². The predicted molar refractivity (Wildman–Crippen MR) is 186 cm³/mol. The van der Waals surface area contributed by atoms with E-state index >= 15 is 0 Å². The highest BCUT2D eigenvalue weighted by Crippen LogP contribution is 2.34. The molecule has 50 heavy (non-hydrogen) atoms. The van der Waals surface area contributed by atoms with Gasteiger partial charge in [0, 0.05) is 19.6 Å². The van der Waals surface area contributed by atoms with Crippen molar-refractivity contribution in [2.45, 2.75) is 134 Å².